The van der Waals surface area contributed by atoms with Crippen LogP contribution < -0.4 is 0 Å². The van der Waals surface area contributed by atoms with Crippen molar-refractivity contribution in [2.24, 2.45) is 23.7 Å². The SMILES string of the molecule is Cc1cc(C(=O)N2C[C@@H]3CCN(C(=O)[C@@H]4C[C@@H]5O[C@H]4[C@H]4C[C@H]45)[C@@H]3C2)nc2ccccc12. The lowest BCUT2D eigenvalue weighted by molar-refractivity contribution is -0.138. The number of hydrogen-bond acceptors (Lipinski definition) is 4. The largest absolute Gasteiger partial charge is 0.374 e. The van der Waals surface area contributed by atoms with Gasteiger partial charge in [0.05, 0.1) is 29.7 Å². The number of fused-ring (bicyclic) bond motifs is 7. The molecule has 1 aromatic carbocycles. The predicted octanol–water partition coefficient (Wildman–Crippen LogP) is 2.64. The maximum Gasteiger partial charge on any atom is 0.272 e. The molecule has 5 aliphatic rings. The van der Waals surface area contributed by atoms with Crippen LogP contribution >= 0.6 is 0 Å². The number of likely N-dealkylation sites (tertiary alicyclic amines) is 2. The zero-order valence-corrected chi connectivity index (χ0v) is 17.7. The number of amides is 2. The molecule has 31 heavy (non-hydrogen) atoms. The topological polar surface area (TPSA) is 62.7 Å². The van der Waals surface area contributed by atoms with Crippen molar-refractivity contribution in [3.8, 4) is 0 Å². The van der Waals surface area contributed by atoms with Gasteiger partial charge in [0, 0.05) is 30.9 Å². The number of carbonyl (C=O) groups is 2. The third kappa shape index (κ3) is 2.57. The number of ether oxygens (including phenoxy) is 1. The Morgan fingerprint density at radius 2 is 2.00 bits per heavy atom. The number of nitrogens with zero attached hydrogens (tertiary/aromatic N) is 3. The van der Waals surface area contributed by atoms with Crippen molar-refractivity contribution in [1.29, 1.82) is 0 Å². The second-order valence-electron chi connectivity index (χ2n) is 10.2. The lowest BCUT2D eigenvalue weighted by Gasteiger charge is -2.29. The highest BCUT2D eigenvalue weighted by atomic mass is 16.5. The van der Waals surface area contributed by atoms with Gasteiger partial charge in [0.2, 0.25) is 5.91 Å². The van der Waals surface area contributed by atoms with Crippen molar-refractivity contribution >= 4 is 22.7 Å². The first-order valence-electron chi connectivity index (χ1n) is 11.7. The number of pyridine rings is 1. The Hall–Kier alpha value is -2.47. The number of aromatic nitrogens is 1. The molecule has 0 unspecified atom stereocenters. The smallest absolute Gasteiger partial charge is 0.272 e. The van der Waals surface area contributed by atoms with E-state index in [-0.39, 0.29) is 29.9 Å². The molecule has 6 heteroatoms. The zero-order chi connectivity index (χ0) is 20.9. The van der Waals surface area contributed by atoms with E-state index in [0.29, 0.717) is 30.2 Å². The fraction of sp³-hybridized carbons (Fsp3) is 0.560. The average molecular weight is 418 g/mol. The van der Waals surface area contributed by atoms with Crippen LogP contribution in [0.4, 0.5) is 0 Å². The third-order valence-corrected chi connectivity index (χ3v) is 8.58. The summed E-state index contributed by atoms with van der Waals surface area (Å²) in [4.78, 5) is 35.4. The average Bonchev–Trinajstić information content (AvgIpc) is 3.10. The van der Waals surface area contributed by atoms with Crippen LogP contribution in [0.1, 0.15) is 35.3 Å². The Kier molecular flexibility index (Phi) is 3.68. The van der Waals surface area contributed by atoms with E-state index in [9.17, 15) is 9.59 Å². The molecule has 1 saturated carbocycles. The summed E-state index contributed by atoms with van der Waals surface area (Å²) < 4.78 is 6.08. The molecule has 2 aromatic rings. The lowest BCUT2D eigenvalue weighted by Crippen LogP contribution is -2.46. The first kappa shape index (κ1) is 18.1. The quantitative estimate of drug-likeness (QED) is 0.754. The van der Waals surface area contributed by atoms with Gasteiger partial charge in [-0.1, -0.05) is 18.2 Å². The van der Waals surface area contributed by atoms with Gasteiger partial charge in [-0.05, 0) is 55.7 Å². The Bertz CT molecular complexity index is 1120. The van der Waals surface area contributed by atoms with Crippen molar-refractivity contribution in [2.75, 3.05) is 19.6 Å². The summed E-state index contributed by atoms with van der Waals surface area (Å²) in [6.07, 6.45) is 3.63. The number of hydrogen-bond donors (Lipinski definition) is 0. The van der Waals surface area contributed by atoms with Crippen molar-refractivity contribution in [2.45, 2.75) is 44.4 Å². The molecule has 1 aliphatic carbocycles. The minimum Gasteiger partial charge on any atom is -0.374 e. The van der Waals surface area contributed by atoms with E-state index in [2.05, 4.69) is 9.88 Å². The fourth-order valence-electron chi connectivity index (χ4n) is 6.93. The van der Waals surface area contributed by atoms with Crippen LogP contribution in [0.3, 0.4) is 0 Å². The summed E-state index contributed by atoms with van der Waals surface area (Å²) in [5, 5.41) is 1.08. The first-order valence-corrected chi connectivity index (χ1v) is 11.7. The number of aryl methyl sites for hydroxylation is 1. The van der Waals surface area contributed by atoms with Crippen LogP contribution in [0.2, 0.25) is 0 Å². The highest BCUT2D eigenvalue weighted by molar-refractivity contribution is 5.96. The summed E-state index contributed by atoms with van der Waals surface area (Å²) in [6, 6.07) is 10.00. The molecule has 4 aliphatic heterocycles. The summed E-state index contributed by atoms with van der Waals surface area (Å²) in [5.74, 6) is 2.05. The minimum atomic E-state index is -0.0141. The summed E-state index contributed by atoms with van der Waals surface area (Å²) in [7, 11) is 0. The Balaban J connectivity index is 1.10. The maximum atomic E-state index is 13.4. The highest BCUT2D eigenvalue weighted by Gasteiger charge is 2.65. The van der Waals surface area contributed by atoms with Crippen molar-refractivity contribution in [3.63, 3.8) is 0 Å². The molecule has 1 aromatic heterocycles. The van der Waals surface area contributed by atoms with E-state index in [0.717, 1.165) is 48.3 Å². The van der Waals surface area contributed by atoms with E-state index in [4.69, 9.17) is 4.74 Å². The number of rotatable bonds is 2. The van der Waals surface area contributed by atoms with Gasteiger partial charge in [-0.25, -0.2) is 4.98 Å². The van der Waals surface area contributed by atoms with Crippen molar-refractivity contribution in [3.05, 3.63) is 41.6 Å². The number of carbonyl (C=O) groups excluding carboxylic acids is 2. The minimum absolute atomic E-state index is 0.0141. The molecule has 160 valence electrons. The molecule has 0 radical (unpaired) electrons. The van der Waals surface area contributed by atoms with Gasteiger partial charge in [0.25, 0.3) is 5.91 Å². The molecule has 7 rings (SSSR count). The lowest BCUT2D eigenvalue weighted by atomic mass is 9.88. The summed E-state index contributed by atoms with van der Waals surface area (Å²) in [6.45, 7) is 4.20. The normalized spacial score (nSPS) is 37.4. The van der Waals surface area contributed by atoms with Crippen LogP contribution in [-0.2, 0) is 9.53 Å². The first-order chi connectivity index (χ1) is 15.1. The van der Waals surface area contributed by atoms with E-state index < -0.39 is 0 Å². The van der Waals surface area contributed by atoms with E-state index >= 15 is 0 Å². The Morgan fingerprint density at radius 1 is 1.13 bits per heavy atom. The molecule has 4 saturated heterocycles. The molecule has 2 bridgehead atoms. The molecule has 5 heterocycles. The second-order valence-corrected chi connectivity index (χ2v) is 10.2. The predicted molar refractivity (Wildman–Crippen MR) is 114 cm³/mol. The van der Waals surface area contributed by atoms with Crippen molar-refractivity contribution < 1.29 is 14.3 Å². The van der Waals surface area contributed by atoms with Gasteiger partial charge >= 0.3 is 0 Å². The second kappa shape index (κ2) is 6.28. The summed E-state index contributed by atoms with van der Waals surface area (Å²) >= 11 is 0. The van der Waals surface area contributed by atoms with Crippen LogP contribution in [0.15, 0.2) is 30.3 Å². The maximum absolute atomic E-state index is 13.4. The van der Waals surface area contributed by atoms with Gasteiger partial charge in [-0.2, -0.15) is 0 Å². The molecule has 2 amide bonds. The monoisotopic (exact) mass is 417 g/mol. The molecule has 5 fully saturated rings. The Morgan fingerprint density at radius 3 is 2.84 bits per heavy atom. The number of benzene rings is 1. The standard InChI is InChI=1S/C25H27N3O3/c1-13-8-20(26-19-5-3-2-4-15(13)19)25(30)27-11-14-6-7-28(21(14)12-27)24(29)18-10-22-16-9-17(16)23(18)31-22/h2-5,8,14,16-18,21-23H,6-7,9-12H2,1H3/t14-,16+,17-,18+,21+,22-,23-/m0/s1. The molecule has 7 atom stereocenters. The highest BCUT2D eigenvalue weighted by Crippen LogP contribution is 2.61. The van der Waals surface area contributed by atoms with Crippen LogP contribution in [-0.4, -0.2) is 64.5 Å². The van der Waals surface area contributed by atoms with Gasteiger partial charge in [-0.3, -0.25) is 9.59 Å². The summed E-state index contributed by atoms with van der Waals surface area (Å²) in [5.41, 5.74) is 2.44. The van der Waals surface area contributed by atoms with Crippen molar-refractivity contribution in [1.82, 2.24) is 14.8 Å². The molecule has 0 N–H and O–H groups in total. The van der Waals surface area contributed by atoms with Gasteiger partial charge in [0.1, 0.15) is 5.69 Å². The zero-order valence-electron chi connectivity index (χ0n) is 17.7. The van der Waals surface area contributed by atoms with Crippen LogP contribution in [0, 0.1) is 30.6 Å². The van der Waals surface area contributed by atoms with Crippen LogP contribution in [0.5, 0.6) is 0 Å². The van der Waals surface area contributed by atoms with E-state index in [1.807, 2.05) is 42.2 Å². The molecular formula is C25H27N3O3. The van der Waals surface area contributed by atoms with E-state index in [1.54, 1.807) is 0 Å². The Labute approximate surface area is 181 Å². The van der Waals surface area contributed by atoms with E-state index in [1.165, 1.54) is 6.42 Å². The number of para-hydroxylation sites is 1. The van der Waals surface area contributed by atoms with Gasteiger partial charge in [-0.15, -0.1) is 0 Å². The molecule has 0 spiro atoms. The van der Waals surface area contributed by atoms with Gasteiger partial charge in [0.15, 0.2) is 0 Å². The molecular weight excluding hydrogens is 390 g/mol. The van der Waals surface area contributed by atoms with Gasteiger partial charge < -0.3 is 14.5 Å². The molecule has 6 nitrogen and oxygen atoms in total. The fourth-order valence-corrected chi connectivity index (χ4v) is 6.93. The van der Waals surface area contributed by atoms with Crippen LogP contribution in [0.25, 0.3) is 10.9 Å². The third-order valence-electron chi connectivity index (χ3n) is 8.58.